The van der Waals surface area contributed by atoms with Crippen LogP contribution in [0.3, 0.4) is 0 Å². The van der Waals surface area contributed by atoms with Crippen LogP contribution in [0.1, 0.15) is 38.3 Å². The quantitative estimate of drug-likeness (QED) is 0.557. The number of aliphatic imine (C=N–C) groups is 1. The van der Waals surface area contributed by atoms with E-state index in [1.165, 1.54) is 0 Å². The maximum Gasteiger partial charge on any atom is 0.255 e. The lowest BCUT2D eigenvalue weighted by molar-refractivity contribution is -0.113. The number of unbranched alkanes of at least 4 members (excludes halogenated alkanes) is 1. The molecule has 0 spiro atoms. The van der Waals surface area contributed by atoms with E-state index in [4.69, 9.17) is 14.5 Å². The summed E-state index contributed by atoms with van der Waals surface area (Å²) in [5, 5.41) is 7.12. The second-order valence-electron chi connectivity index (χ2n) is 7.13. The van der Waals surface area contributed by atoms with E-state index in [2.05, 4.69) is 17.6 Å². The van der Waals surface area contributed by atoms with E-state index in [0.29, 0.717) is 17.1 Å². The van der Waals surface area contributed by atoms with E-state index in [1.54, 1.807) is 26.0 Å². The van der Waals surface area contributed by atoms with Crippen LogP contribution in [0.25, 0.3) is 0 Å². The summed E-state index contributed by atoms with van der Waals surface area (Å²) in [4.78, 5) is 18.2. The van der Waals surface area contributed by atoms with Crippen molar-refractivity contribution < 1.29 is 14.3 Å². The van der Waals surface area contributed by atoms with Gasteiger partial charge in [-0.2, -0.15) is 0 Å². The topological polar surface area (TPSA) is 72.0 Å². The highest BCUT2D eigenvalue weighted by atomic mass is 32.2. The Labute approximate surface area is 188 Å². The number of hydrogen-bond acceptors (Lipinski definition) is 6. The largest absolute Gasteiger partial charge is 0.497 e. The van der Waals surface area contributed by atoms with Crippen LogP contribution in [-0.2, 0) is 4.79 Å². The molecule has 0 saturated heterocycles. The summed E-state index contributed by atoms with van der Waals surface area (Å²) in [5.41, 5.74) is 2.90. The summed E-state index contributed by atoms with van der Waals surface area (Å²) in [6, 6.07) is 14.5. The average Bonchev–Trinajstić information content (AvgIpc) is 2.79. The van der Waals surface area contributed by atoms with Crippen molar-refractivity contribution in [2.45, 2.75) is 32.7 Å². The Bertz CT molecular complexity index is 973. The third-order valence-corrected chi connectivity index (χ3v) is 5.94. The predicted molar refractivity (Wildman–Crippen MR) is 128 cm³/mol. The number of carbonyl (C=O) groups excluding carboxylic acids is 1. The number of methoxy groups -OCH3 is 2. The van der Waals surface area contributed by atoms with E-state index in [1.807, 2.05) is 55.5 Å². The number of para-hydroxylation sites is 1. The van der Waals surface area contributed by atoms with Gasteiger partial charge in [-0.05, 0) is 37.6 Å². The second kappa shape index (κ2) is 10.9. The van der Waals surface area contributed by atoms with Gasteiger partial charge in [0.05, 0.1) is 19.8 Å². The lowest BCUT2D eigenvalue weighted by atomic mass is 9.95. The summed E-state index contributed by atoms with van der Waals surface area (Å²) < 4.78 is 11.0. The number of amides is 1. The number of benzene rings is 2. The van der Waals surface area contributed by atoms with E-state index in [-0.39, 0.29) is 5.91 Å². The minimum absolute atomic E-state index is 0.194. The second-order valence-corrected chi connectivity index (χ2v) is 8.21. The zero-order valence-electron chi connectivity index (χ0n) is 18.4. The number of nitrogens with zero attached hydrogens (tertiary/aromatic N) is 1. The first-order chi connectivity index (χ1) is 15.1. The van der Waals surface area contributed by atoms with E-state index in [9.17, 15) is 4.79 Å². The van der Waals surface area contributed by atoms with Crippen molar-refractivity contribution in [1.82, 2.24) is 5.32 Å². The van der Waals surface area contributed by atoms with Crippen molar-refractivity contribution in [3.8, 4) is 11.5 Å². The van der Waals surface area contributed by atoms with Crippen LogP contribution in [-0.4, -0.2) is 31.0 Å². The van der Waals surface area contributed by atoms with Crippen LogP contribution in [0.2, 0.25) is 0 Å². The standard InChI is InChI=1S/C24H29N3O3S/c1-5-6-14-31-24-25-16(2)21(23(28)26-17-10-8-7-9-11-17)22(27-24)19-13-12-18(29-3)15-20(19)30-4/h7-13,15,22H,5-6,14H2,1-4H3,(H,25,27)(H,26,28)/t22-/m1/s1. The molecule has 2 aromatic carbocycles. The molecule has 0 aliphatic carbocycles. The molecular weight excluding hydrogens is 410 g/mol. The monoisotopic (exact) mass is 439 g/mol. The van der Waals surface area contributed by atoms with Crippen molar-refractivity contribution in [3.05, 3.63) is 65.4 Å². The van der Waals surface area contributed by atoms with Crippen LogP contribution >= 0.6 is 11.8 Å². The first kappa shape index (κ1) is 22.7. The number of rotatable bonds is 8. The fourth-order valence-electron chi connectivity index (χ4n) is 3.32. The number of anilines is 1. The molecular formula is C24H29N3O3S. The lowest BCUT2D eigenvalue weighted by Crippen LogP contribution is -2.32. The number of amidine groups is 1. The third kappa shape index (κ3) is 5.61. The van der Waals surface area contributed by atoms with E-state index in [0.717, 1.165) is 40.7 Å². The van der Waals surface area contributed by atoms with Crippen LogP contribution in [0.5, 0.6) is 11.5 Å². The van der Waals surface area contributed by atoms with Crippen molar-refractivity contribution in [2.24, 2.45) is 4.99 Å². The van der Waals surface area contributed by atoms with Gasteiger partial charge >= 0.3 is 0 Å². The first-order valence-electron chi connectivity index (χ1n) is 10.3. The average molecular weight is 440 g/mol. The summed E-state index contributed by atoms with van der Waals surface area (Å²) in [7, 11) is 3.22. The number of ether oxygens (including phenoxy) is 2. The molecule has 31 heavy (non-hydrogen) atoms. The molecule has 1 atom stereocenters. The van der Waals surface area contributed by atoms with Gasteiger partial charge in [0.2, 0.25) is 0 Å². The van der Waals surface area contributed by atoms with Crippen molar-refractivity contribution >= 4 is 28.5 Å². The van der Waals surface area contributed by atoms with Gasteiger partial charge in [0, 0.05) is 28.8 Å². The molecule has 0 saturated carbocycles. The number of carbonyl (C=O) groups is 1. The normalized spacial score (nSPS) is 15.7. The molecule has 7 heteroatoms. The Morgan fingerprint density at radius 2 is 1.94 bits per heavy atom. The molecule has 1 aliphatic heterocycles. The predicted octanol–water partition coefficient (Wildman–Crippen LogP) is 5.15. The zero-order valence-corrected chi connectivity index (χ0v) is 19.2. The Hall–Kier alpha value is -2.93. The van der Waals surface area contributed by atoms with Gasteiger partial charge in [0.15, 0.2) is 5.17 Å². The molecule has 2 aromatic rings. The molecule has 0 fully saturated rings. The lowest BCUT2D eigenvalue weighted by Gasteiger charge is -2.27. The summed E-state index contributed by atoms with van der Waals surface area (Å²) in [6.45, 7) is 4.08. The maximum absolute atomic E-state index is 13.3. The summed E-state index contributed by atoms with van der Waals surface area (Å²) >= 11 is 1.67. The van der Waals surface area contributed by atoms with Gasteiger partial charge in [-0.3, -0.25) is 4.79 Å². The number of thioether (sulfide) groups is 1. The SMILES string of the molecule is CCCCSC1=N[C@H](c2ccc(OC)cc2OC)C(C(=O)Nc2ccccc2)=C(C)N1. The molecule has 1 amide bonds. The first-order valence-corrected chi connectivity index (χ1v) is 11.3. The zero-order chi connectivity index (χ0) is 22.2. The van der Waals surface area contributed by atoms with Crippen molar-refractivity contribution in [3.63, 3.8) is 0 Å². The van der Waals surface area contributed by atoms with Crippen LogP contribution in [0.15, 0.2) is 64.8 Å². The maximum atomic E-state index is 13.3. The van der Waals surface area contributed by atoms with Crippen LogP contribution in [0.4, 0.5) is 5.69 Å². The number of nitrogens with one attached hydrogen (secondary N) is 2. The van der Waals surface area contributed by atoms with Gasteiger partial charge < -0.3 is 20.1 Å². The molecule has 0 bridgehead atoms. The third-order valence-electron chi connectivity index (χ3n) is 4.97. The van der Waals surface area contributed by atoms with E-state index >= 15 is 0 Å². The van der Waals surface area contributed by atoms with Crippen molar-refractivity contribution in [2.75, 3.05) is 25.3 Å². The molecule has 0 radical (unpaired) electrons. The van der Waals surface area contributed by atoms with E-state index < -0.39 is 6.04 Å². The number of hydrogen-bond donors (Lipinski definition) is 2. The molecule has 0 unspecified atom stereocenters. The number of allylic oxidation sites excluding steroid dienone is 1. The molecule has 0 aromatic heterocycles. The molecule has 2 N–H and O–H groups in total. The van der Waals surface area contributed by atoms with Gasteiger partial charge in [-0.25, -0.2) is 4.99 Å². The fraction of sp³-hybridized carbons (Fsp3) is 0.333. The van der Waals surface area contributed by atoms with Crippen molar-refractivity contribution in [1.29, 1.82) is 0 Å². The fourth-order valence-corrected chi connectivity index (χ4v) is 4.35. The molecule has 3 rings (SSSR count). The van der Waals surface area contributed by atoms with Crippen LogP contribution in [0, 0.1) is 0 Å². The van der Waals surface area contributed by atoms with Gasteiger partial charge in [0.1, 0.15) is 17.5 Å². The highest BCUT2D eigenvalue weighted by Crippen LogP contribution is 2.39. The summed E-state index contributed by atoms with van der Waals surface area (Å²) in [5.74, 6) is 2.09. The Kier molecular flexibility index (Phi) is 8.00. The Morgan fingerprint density at radius 3 is 2.61 bits per heavy atom. The smallest absolute Gasteiger partial charge is 0.255 e. The van der Waals surface area contributed by atoms with Gasteiger partial charge in [-0.15, -0.1) is 0 Å². The van der Waals surface area contributed by atoms with Gasteiger partial charge in [0.25, 0.3) is 5.91 Å². The van der Waals surface area contributed by atoms with Crippen LogP contribution < -0.4 is 20.1 Å². The van der Waals surface area contributed by atoms with Gasteiger partial charge in [-0.1, -0.05) is 43.3 Å². The highest BCUT2D eigenvalue weighted by molar-refractivity contribution is 8.13. The minimum atomic E-state index is -0.491. The molecule has 164 valence electrons. The Morgan fingerprint density at radius 1 is 1.16 bits per heavy atom. The summed E-state index contributed by atoms with van der Waals surface area (Å²) in [6.07, 6.45) is 2.22. The Balaban J connectivity index is 1.99. The highest BCUT2D eigenvalue weighted by Gasteiger charge is 2.31. The molecule has 6 nitrogen and oxygen atoms in total. The molecule has 1 heterocycles. The minimum Gasteiger partial charge on any atom is -0.497 e. The molecule has 1 aliphatic rings.